The summed E-state index contributed by atoms with van der Waals surface area (Å²) in [7, 11) is 3.15. The number of anilines is 1. The number of fused-ring (bicyclic) bond motifs is 1. The van der Waals surface area contributed by atoms with Crippen molar-refractivity contribution in [3.63, 3.8) is 0 Å². The highest BCUT2D eigenvalue weighted by Crippen LogP contribution is 2.26. The number of aromatic nitrogens is 2. The number of piperazine rings is 1. The van der Waals surface area contributed by atoms with Crippen molar-refractivity contribution in [3.05, 3.63) is 54.2 Å². The Morgan fingerprint density at radius 2 is 1.64 bits per heavy atom. The highest BCUT2D eigenvalue weighted by molar-refractivity contribution is 5.95. The molecule has 1 aromatic heterocycles. The number of carbonyl (C=O) groups is 1. The number of methoxy groups -OCH3 is 2. The van der Waals surface area contributed by atoms with Crippen LogP contribution in [0, 0.1) is 0 Å². The van der Waals surface area contributed by atoms with Crippen LogP contribution in [0.1, 0.15) is 10.4 Å². The maximum absolute atomic E-state index is 13.0. The number of carbonyl (C=O) groups excluding carboxylic acids is 1. The largest absolute Gasteiger partial charge is 0.497 e. The molecule has 1 aliphatic rings. The second-order valence-electron chi connectivity index (χ2n) is 6.64. The van der Waals surface area contributed by atoms with Crippen LogP contribution in [0.15, 0.2) is 48.7 Å². The van der Waals surface area contributed by atoms with Gasteiger partial charge in [0.05, 0.1) is 20.4 Å². The summed E-state index contributed by atoms with van der Waals surface area (Å²) in [6, 6.07) is 13.3. The summed E-state index contributed by atoms with van der Waals surface area (Å²) in [6.45, 7) is 2.64. The molecule has 0 bridgehead atoms. The van der Waals surface area contributed by atoms with Gasteiger partial charge in [-0.05, 0) is 12.1 Å². The van der Waals surface area contributed by atoms with Gasteiger partial charge in [0.1, 0.15) is 11.5 Å². The lowest BCUT2D eigenvalue weighted by Gasteiger charge is -2.35. The Hall–Kier alpha value is -3.35. The first-order chi connectivity index (χ1) is 13.7. The Balaban J connectivity index is 1.50. The summed E-state index contributed by atoms with van der Waals surface area (Å²) in [5.41, 5.74) is 0.564. The van der Waals surface area contributed by atoms with Gasteiger partial charge >= 0.3 is 0 Å². The second kappa shape index (κ2) is 7.72. The van der Waals surface area contributed by atoms with Gasteiger partial charge in [-0.3, -0.25) is 4.79 Å². The average molecular weight is 378 g/mol. The molecule has 2 heterocycles. The average Bonchev–Trinajstić information content (AvgIpc) is 2.78. The van der Waals surface area contributed by atoms with Gasteiger partial charge in [0.2, 0.25) is 0 Å². The van der Waals surface area contributed by atoms with Crippen LogP contribution in [0.3, 0.4) is 0 Å². The van der Waals surface area contributed by atoms with Crippen LogP contribution in [0.2, 0.25) is 0 Å². The van der Waals surface area contributed by atoms with Gasteiger partial charge in [-0.25, -0.2) is 0 Å². The molecule has 0 atom stereocenters. The highest BCUT2D eigenvalue weighted by Gasteiger charge is 2.24. The van der Waals surface area contributed by atoms with Gasteiger partial charge in [0, 0.05) is 48.6 Å². The van der Waals surface area contributed by atoms with Gasteiger partial charge in [0.25, 0.3) is 5.91 Å². The Morgan fingerprint density at radius 1 is 0.964 bits per heavy atom. The highest BCUT2D eigenvalue weighted by atomic mass is 16.5. The van der Waals surface area contributed by atoms with E-state index in [4.69, 9.17) is 9.47 Å². The van der Waals surface area contributed by atoms with Crippen LogP contribution in [-0.4, -0.2) is 61.4 Å². The van der Waals surface area contributed by atoms with Crippen molar-refractivity contribution in [2.45, 2.75) is 0 Å². The normalized spacial score (nSPS) is 14.2. The van der Waals surface area contributed by atoms with Gasteiger partial charge in [-0.1, -0.05) is 24.3 Å². The topological polar surface area (TPSA) is 67.8 Å². The summed E-state index contributed by atoms with van der Waals surface area (Å²) >= 11 is 0. The van der Waals surface area contributed by atoms with E-state index in [-0.39, 0.29) is 5.91 Å². The molecule has 0 spiro atoms. The Labute approximate surface area is 163 Å². The first-order valence-corrected chi connectivity index (χ1v) is 9.17. The van der Waals surface area contributed by atoms with E-state index in [1.165, 1.54) is 0 Å². The lowest BCUT2D eigenvalue weighted by molar-refractivity contribution is 0.0746. The lowest BCUT2D eigenvalue weighted by atomic mass is 10.1. The third-order valence-corrected chi connectivity index (χ3v) is 5.02. The monoisotopic (exact) mass is 378 g/mol. The molecule has 1 fully saturated rings. The van der Waals surface area contributed by atoms with E-state index in [9.17, 15) is 4.79 Å². The van der Waals surface area contributed by atoms with Crippen LogP contribution in [0.5, 0.6) is 11.5 Å². The van der Waals surface area contributed by atoms with Crippen molar-refractivity contribution in [1.29, 1.82) is 0 Å². The SMILES string of the molecule is COc1cc(OC)cc(C(=O)N2CCN(c3nncc4ccccc34)CC2)c1. The Morgan fingerprint density at radius 3 is 2.32 bits per heavy atom. The molecule has 4 rings (SSSR count). The van der Waals surface area contributed by atoms with Crippen molar-refractivity contribution in [2.75, 3.05) is 45.3 Å². The summed E-state index contributed by atoms with van der Waals surface area (Å²) in [5.74, 6) is 2.05. The van der Waals surface area contributed by atoms with E-state index < -0.39 is 0 Å². The van der Waals surface area contributed by atoms with E-state index in [2.05, 4.69) is 21.2 Å². The number of hydrogen-bond donors (Lipinski definition) is 0. The maximum atomic E-state index is 13.0. The third kappa shape index (κ3) is 3.43. The zero-order valence-corrected chi connectivity index (χ0v) is 16.0. The fourth-order valence-corrected chi connectivity index (χ4v) is 3.48. The maximum Gasteiger partial charge on any atom is 0.254 e. The Kier molecular flexibility index (Phi) is 4.97. The molecular weight excluding hydrogens is 356 g/mol. The van der Waals surface area contributed by atoms with Crippen LogP contribution in [0.25, 0.3) is 10.8 Å². The molecule has 0 saturated carbocycles. The number of ether oxygens (including phenoxy) is 2. The van der Waals surface area contributed by atoms with E-state index in [1.54, 1.807) is 38.6 Å². The van der Waals surface area contributed by atoms with Crippen molar-refractivity contribution in [2.24, 2.45) is 0 Å². The van der Waals surface area contributed by atoms with E-state index >= 15 is 0 Å². The summed E-state index contributed by atoms with van der Waals surface area (Å²) in [5, 5.41) is 10.6. The second-order valence-corrected chi connectivity index (χ2v) is 6.64. The minimum atomic E-state index is -0.0270. The van der Waals surface area contributed by atoms with Gasteiger partial charge in [0.15, 0.2) is 5.82 Å². The molecule has 0 radical (unpaired) electrons. The smallest absolute Gasteiger partial charge is 0.254 e. The zero-order chi connectivity index (χ0) is 19.5. The number of hydrogen-bond acceptors (Lipinski definition) is 6. The molecule has 2 aromatic carbocycles. The summed E-state index contributed by atoms with van der Waals surface area (Å²) in [6.07, 6.45) is 1.77. The van der Waals surface area contributed by atoms with Crippen molar-refractivity contribution in [1.82, 2.24) is 15.1 Å². The number of nitrogens with zero attached hydrogens (tertiary/aromatic N) is 4. The van der Waals surface area contributed by atoms with Crippen molar-refractivity contribution in [3.8, 4) is 11.5 Å². The quantitative estimate of drug-likeness (QED) is 0.695. The molecule has 1 amide bonds. The first-order valence-electron chi connectivity index (χ1n) is 9.17. The summed E-state index contributed by atoms with van der Waals surface area (Å²) < 4.78 is 10.6. The number of benzene rings is 2. The standard InChI is InChI=1S/C21H22N4O3/c1-27-17-11-16(12-18(13-17)28-2)21(26)25-9-7-24(8-10-25)20-19-6-4-3-5-15(19)14-22-23-20/h3-6,11-14H,7-10H2,1-2H3. The molecule has 144 valence electrons. The Bertz CT molecular complexity index is 972. The minimum absolute atomic E-state index is 0.0270. The minimum Gasteiger partial charge on any atom is -0.497 e. The van der Waals surface area contributed by atoms with Crippen LogP contribution < -0.4 is 14.4 Å². The fourth-order valence-electron chi connectivity index (χ4n) is 3.48. The first kappa shape index (κ1) is 18.0. The van der Waals surface area contributed by atoms with Crippen LogP contribution in [-0.2, 0) is 0 Å². The zero-order valence-electron chi connectivity index (χ0n) is 16.0. The molecule has 1 aliphatic heterocycles. The number of rotatable bonds is 4. The predicted molar refractivity (Wildman–Crippen MR) is 107 cm³/mol. The van der Waals surface area contributed by atoms with E-state index in [1.807, 2.05) is 23.1 Å². The van der Waals surface area contributed by atoms with Crippen molar-refractivity contribution >= 4 is 22.5 Å². The molecule has 0 N–H and O–H groups in total. The van der Waals surface area contributed by atoms with Gasteiger partial charge in [-0.15, -0.1) is 5.10 Å². The number of amides is 1. The molecule has 7 heteroatoms. The molecule has 0 unspecified atom stereocenters. The molecule has 3 aromatic rings. The predicted octanol–water partition coefficient (Wildman–Crippen LogP) is 2.61. The van der Waals surface area contributed by atoms with Crippen LogP contribution >= 0.6 is 0 Å². The molecule has 0 aliphatic carbocycles. The molecule has 7 nitrogen and oxygen atoms in total. The van der Waals surface area contributed by atoms with E-state index in [0.717, 1.165) is 16.6 Å². The molecular formula is C21H22N4O3. The van der Waals surface area contributed by atoms with E-state index in [0.29, 0.717) is 43.2 Å². The molecule has 28 heavy (non-hydrogen) atoms. The summed E-state index contributed by atoms with van der Waals surface area (Å²) in [4.78, 5) is 17.0. The fraction of sp³-hybridized carbons (Fsp3) is 0.286. The lowest BCUT2D eigenvalue weighted by Crippen LogP contribution is -2.49. The van der Waals surface area contributed by atoms with Crippen molar-refractivity contribution < 1.29 is 14.3 Å². The third-order valence-electron chi connectivity index (χ3n) is 5.02. The van der Waals surface area contributed by atoms with Crippen LogP contribution in [0.4, 0.5) is 5.82 Å². The van der Waals surface area contributed by atoms with Gasteiger partial charge in [-0.2, -0.15) is 5.10 Å². The molecule has 1 saturated heterocycles. The van der Waals surface area contributed by atoms with Gasteiger partial charge < -0.3 is 19.3 Å².